The molecule has 0 aliphatic carbocycles. The molecular formula is C51H90NO8+. The Bertz CT molecular complexity index is 1170. The average molecular weight is 845 g/mol. The van der Waals surface area contributed by atoms with Crippen LogP contribution in [0, 0.1) is 0 Å². The zero-order chi connectivity index (χ0) is 44.2. The van der Waals surface area contributed by atoms with Gasteiger partial charge in [0, 0.05) is 12.8 Å². The third-order valence-electron chi connectivity index (χ3n) is 10.00. The lowest BCUT2D eigenvalue weighted by Gasteiger charge is -2.25. The minimum Gasteiger partial charge on any atom is -0.477 e. The molecule has 0 fully saturated rings. The highest BCUT2D eigenvalue weighted by Gasteiger charge is 2.25. The highest BCUT2D eigenvalue weighted by Crippen LogP contribution is 2.13. The van der Waals surface area contributed by atoms with Gasteiger partial charge < -0.3 is 28.5 Å². The van der Waals surface area contributed by atoms with Crippen LogP contribution in [0.25, 0.3) is 0 Å². The van der Waals surface area contributed by atoms with Crippen LogP contribution in [0.1, 0.15) is 187 Å². The SMILES string of the molecule is CCCC/C=C\C/C=C\CCCCCCCC(=O)OCC(COC(OCC[N+](C)(C)C)C(=O)O)OC(=O)CCCCCCCC/C=C\C/C=C\C/C=C\CCCCCCC. The Hall–Kier alpha value is -3.01. The van der Waals surface area contributed by atoms with Gasteiger partial charge in [0.15, 0.2) is 6.10 Å². The maximum Gasteiger partial charge on any atom is 0.361 e. The maximum absolute atomic E-state index is 12.8. The summed E-state index contributed by atoms with van der Waals surface area (Å²) in [4.78, 5) is 37.2. The van der Waals surface area contributed by atoms with Gasteiger partial charge in [-0.05, 0) is 77.0 Å². The molecule has 0 amide bonds. The molecular weight excluding hydrogens is 755 g/mol. The van der Waals surface area contributed by atoms with Crippen molar-refractivity contribution in [2.75, 3.05) is 47.5 Å². The molecule has 0 radical (unpaired) electrons. The Morgan fingerprint density at radius 3 is 1.38 bits per heavy atom. The van der Waals surface area contributed by atoms with E-state index in [1.54, 1.807) is 0 Å². The lowest BCUT2D eigenvalue weighted by atomic mass is 10.1. The Kier molecular flexibility index (Phi) is 40.5. The fourth-order valence-electron chi connectivity index (χ4n) is 6.21. The van der Waals surface area contributed by atoms with Gasteiger partial charge in [-0.3, -0.25) is 9.59 Å². The van der Waals surface area contributed by atoms with E-state index in [9.17, 15) is 19.5 Å². The summed E-state index contributed by atoms with van der Waals surface area (Å²) in [5.41, 5.74) is 0. The van der Waals surface area contributed by atoms with Crippen molar-refractivity contribution in [1.29, 1.82) is 0 Å². The molecule has 9 nitrogen and oxygen atoms in total. The summed E-state index contributed by atoms with van der Waals surface area (Å²) < 4.78 is 22.7. The maximum atomic E-state index is 12.8. The van der Waals surface area contributed by atoms with Crippen LogP contribution in [0.3, 0.4) is 0 Å². The van der Waals surface area contributed by atoms with Crippen LogP contribution in [0.5, 0.6) is 0 Å². The van der Waals surface area contributed by atoms with Crippen LogP contribution in [0.2, 0.25) is 0 Å². The number of carboxylic acids is 1. The fourth-order valence-corrected chi connectivity index (χ4v) is 6.21. The number of esters is 2. The quantitative estimate of drug-likeness (QED) is 0.0212. The Labute approximate surface area is 367 Å². The summed E-state index contributed by atoms with van der Waals surface area (Å²) in [5, 5.41) is 9.65. The van der Waals surface area contributed by atoms with Crippen LogP contribution in [0.15, 0.2) is 60.8 Å². The number of likely N-dealkylation sites (N-methyl/N-ethyl adjacent to an activating group) is 1. The molecule has 0 rings (SSSR count). The summed E-state index contributed by atoms with van der Waals surface area (Å²) in [6.45, 7) is 4.78. The Morgan fingerprint density at radius 2 is 0.917 bits per heavy atom. The van der Waals surface area contributed by atoms with E-state index < -0.39 is 24.3 Å². The normalized spacial score (nSPS) is 13.4. The summed E-state index contributed by atoms with van der Waals surface area (Å²) in [6.07, 6.45) is 48.5. The summed E-state index contributed by atoms with van der Waals surface area (Å²) in [5.74, 6) is -2.05. The van der Waals surface area contributed by atoms with Crippen molar-refractivity contribution in [3.05, 3.63) is 60.8 Å². The highest BCUT2D eigenvalue weighted by atomic mass is 16.7. The molecule has 0 aliphatic rings. The zero-order valence-corrected chi connectivity index (χ0v) is 39.1. The molecule has 0 aromatic heterocycles. The van der Waals surface area contributed by atoms with Crippen molar-refractivity contribution in [2.24, 2.45) is 0 Å². The van der Waals surface area contributed by atoms with Gasteiger partial charge in [0.25, 0.3) is 6.29 Å². The molecule has 0 aliphatic heterocycles. The van der Waals surface area contributed by atoms with Crippen molar-refractivity contribution in [2.45, 2.75) is 200 Å². The van der Waals surface area contributed by atoms with Crippen molar-refractivity contribution >= 4 is 17.9 Å². The molecule has 0 saturated carbocycles. The van der Waals surface area contributed by atoms with Crippen molar-refractivity contribution in [3.8, 4) is 0 Å². The van der Waals surface area contributed by atoms with Crippen LogP contribution in [0.4, 0.5) is 0 Å². The number of rotatable bonds is 43. The van der Waals surface area contributed by atoms with Gasteiger partial charge >= 0.3 is 17.9 Å². The van der Waals surface area contributed by atoms with E-state index in [0.29, 0.717) is 17.4 Å². The second-order valence-corrected chi connectivity index (χ2v) is 17.1. The number of carbonyl (C=O) groups excluding carboxylic acids is 2. The first-order valence-corrected chi connectivity index (χ1v) is 24.0. The minimum atomic E-state index is -1.52. The van der Waals surface area contributed by atoms with E-state index >= 15 is 0 Å². The summed E-state index contributed by atoms with van der Waals surface area (Å²) in [7, 11) is 5.94. The second kappa shape index (κ2) is 42.7. The van der Waals surface area contributed by atoms with Gasteiger partial charge in [0.05, 0.1) is 34.4 Å². The van der Waals surface area contributed by atoms with E-state index in [1.165, 1.54) is 51.4 Å². The molecule has 0 spiro atoms. The number of ether oxygens (including phenoxy) is 4. The Balaban J connectivity index is 4.44. The molecule has 1 N–H and O–H groups in total. The number of hydrogen-bond acceptors (Lipinski definition) is 7. The number of carboxylic acid groups (broad SMARTS) is 1. The van der Waals surface area contributed by atoms with Gasteiger partial charge in [-0.15, -0.1) is 0 Å². The highest BCUT2D eigenvalue weighted by molar-refractivity contribution is 5.71. The number of nitrogens with zero attached hydrogens (tertiary/aromatic N) is 1. The number of aliphatic carboxylic acids is 1. The van der Waals surface area contributed by atoms with Crippen molar-refractivity contribution in [1.82, 2.24) is 0 Å². The lowest BCUT2D eigenvalue weighted by Crippen LogP contribution is -2.40. The standard InChI is InChI=1S/C51H89NO8/c1-6-8-10-12-14-16-18-20-22-23-24-25-26-27-28-30-32-34-36-38-40-42-49(54)60-47(46-59-51(50(55)56)57-44-43-52(3,4)5)45-58-48(53)41-39-37-35-33-31-29-21-19-17-15-13-11-9-7-2/h13,15,18-21,23-24,26-27,47,51H,6-12,14,16-17,22,25,28-46H2,1-5H3/p+1/b15-13-,20-18-,21-19-,24-23-,27-26-. The predicted molar refractivity (Wildman–Crippen MR) is 249 cm³/mol. The van der Waals surface area contributed by atoms with Gasteiger partial charge in [0.2, 0.25) is 0 Å². The van der Waals surface area contributed by atoms with E-state index in [2.05, 4.69) is 74.6 Å². The molecule has 0 bridgehead atoms. The largest absolute Gasteiger partial charge is 0.477 e. The first-order valence-electron chi connectivity index (χ1n) is 24.0. The fraction of sp³-hybridized carbons (Fsp3) is 0.745. The molecule has 9 heteroatoms. The van der Waals surface area contributed by atoms with Crippen molar-refractivity contribution < 1.29 is 42.9 Å². The van der Waals surface area contributed by atoms with Gasteiger partial charge in [0.1, 0.15) is 13.2 Å². The third kappa shape index (κ3) is 43.1. The lowest BCUT2D eigenvalue weighted by molar-refractivity contribution is -0.870. The molecule has 60 heavy (non-hydrogen) atoms. The zero-order valence-electron chi connectivity index (χ0n) is 39.1. The third-order valence-corrected chi connectivity index (χ3v) is 10.00. The molecule has 2 atom stereocenters. The molecule has 0 saturated heterocycles. The van der Waals surface area contributed by atoms with Crippen LogP contribution < -0.4 is 0 Å². The number of hydrogen-bond donors (Lipinski definition) is 1. The molecule has 0 aromatic rings. The number of carbonyl (C=O) groups is 3. The van der Waals surface area contributed by atoms with E-state index in [4.69, 9.17) is 18.9 Å². The topological polar surface area (TPSA) is 108 Å². The van der Waals surface area contributed by atoms with Gasteiger partial charge in [-0.2, -0.15) is 0 Å². The molecule has 2 unspecified atom stereocenters. The first kappa shape index (κ1) is 57.0. The van der Waals surface area contributed by atoms with Crippen LogP contribution in [-0.4, -0.2) is 87.4 Å². The van der Waals surface area contributed by atoms with Crippen molar-refractivity contribution in [3.63, 3.8) is 0 Å². The van der Waals surface area contributed by atoms with E-state index in [1.807, 2.05) is 21.1 Å². The van der Waals surface area contributed by atoms with E-state index in [0.717, 1.165) is 103 Å². The van der Waals surface area contributed by atoms with Gasteiger partial charge in [-0.25, -0.2) is 4.79 Å². The van der Waals surface area contributed by atoms with Gasteiger partial charge in [-0.1, -0.05) is 158 Å². The molecule has 0 aromatic carbocycles. The van der Waals surface area contributed by atoms with Crippen LogP contribution in [-0.2, 0) is 33.3 Å². The number of quaternary nitrogens is 1. The number of allylic oxidation sites excluding steroid dienone is 10. The second-order valence-electron chi connectivity index (χ2n) is 17.1. The monoisotopic (exact) mass is 845 g/mol. The summed E-state index contributed by atoms with van der Waals surface area (Å²) in [6, 6.07) is 0. The summed E-state index contributed by atoms with van der Waals surface area (Å²) >= 11 is 0. The molecule has 0 heterocycles. The first-order chi connectivity index (χ1) is 29.1. The minimum absolute atomic E-state index is 0.180. The number of unbranched alkanes of at least 4 members (excludes halogenated alkanes) is 18. The molecule has 346 valence electrons. The Morgan fingerprint density at radius 1 is 0.500 bits per heavy atom. The average Bonchev–Trinajstić information content (AvgIpc) is 3.21. The predicted octanol–water partition coefficient (Wildman–Crippen LogP) is 12.9. The van der Waals surface area contributed by atoms with Crippen LogP contribution >= 0.6 is 0 Å². The smallest absolute Gasteiger partial charge is 0.361 e. The van der Waals surface area contributed by atoms with E-state index in [-0.39, 0.29) is 38.6 Å².